The largest absolute Gasteiger partial charge is 0.447 e. The van der Waals surface area contributed by atoms with Crippen molar-refractivity contribution in [3.8, 4) is 0 Å². The van der Waals surface area contributed by atoms with Gasteiger partial charge in [0.05, 0.1) is 0 Å². The molecule has 14 heavy (non-hydrogen) atoms. The zero-order chi connectivity index (χ0) is 11.5. The molecule has 5 heteroatoms. The van der Waals surface area contributed by atoms with Crippen LogP contribution in [0.1, 0.15) is 20.8 Å². The lowest BCUT2D eigenvalue weighted by Gasteiger charge is -2.31. The Balaban J connectivity index is 4.41. The molecule has 0 aliphatic heterocycles. The van der Waals surface area contributed by atoms with Gasteiger partial charge in [-0.2, -0.15) is 0 Å². The summed E-state index contributed by atoms with van der Waals surface area (Å²) in [5, 5.41) is 8.03. The number of ether oxygens (including phenoxy) is 1. The van der Waals surface area contributed by atoms with Crippen molar-refractivity contribution in [2.45, 2.75) is 30.8 Å². The Morgan fingerprint density at radius 1 is 1.50 bits per heavy atom. The van der Waals surface area contributed by atoms with Crippen LogP contribution < -0.4 is 0 Å². The maximum Gasteiger partial charge on any atom is 0.334 e. The van der Waals surface area contributed by atoms with Crippen molar-refractivity contribution in [1.82, 2.24) is 0 Å². The molecule has 0 aromatic carbocycles. The number of carbonyl (C=O) groups excluding carboxylic acids is 1. The van der Waals surface area contributed by atoms with E-state index in [1.165, 1.54) is 0 Å². The van der Waals surface area contributed by atoms with Crippen molar-refractivity contribution in [2.75, 3.05) is 0 Å². The van der Waals surface area contributed by atoms with Crippen molar-refractivity contribution >= 4 is 37.8 Å². The highest BCUT2D eigenvalue weighted by molar-refractivity contribution is 9.10. The Labute approximate surface area is 101 Å². The molecule has 0 fully saturated rings. The molecule has 0 radical (unpaired) electrons. The molecule has 0 aromatic rings. The van der Waals surface area contributed by atoms with Gasteiger partial charge in [-0.05, 0) is 22.9 Å². The molecular weight excluding hydrogens is 316 g/mol. The first-order chi connectivity index (χ1) is 6.19. The molecular formula is C9H14Br2O3. The van der Waals surface area contributed by atoms with E-state index in [4.69, 9.17) is 4.74 Å². The Morgan fingerprint density at radius 3 is 2.21 bits per heavy atom. The smallest absolute Gasteiger partial charge is 0.334 e. The Hall–Kier alpha value is 0.130. The molecule has 1 N–H and O–H groups in total. The fourth-order valence-electron chi connectivity index (χ4n) is 0.455. The molecule has 0 amide bonds. The summed E-state index contributed by atoms with van der Waals surface area (Å²) in [6.45, 7) is 8.56. The van der Waals surface area contributed by atoms with Crippen LogP contribution in [0.4, 0.5) is 0 Å². The summed E-state index contributed by atoms with van der Waals surface area (Å²) in [4.78, 5) is 11.2. The second-order valence-electron chi connectivity index (χ2n) is 3.66. The minimum atomic E-state index is -0.766. The average molecular weight is 330 g/mol. The van der Waals surface area contributed by atoms with Gasteiger partial charge in [-0.25, -0.2) is 4.79 Å². The number of hydrogen-bond acceptors (Lipinski definition) is 3. The fraction of sp³-hybridized carbons (Fsp3) is 0.667. The predicted octanol–water partition coefficient (Wildman–Crippen LogP) is 2.57. The number of aliphatic hydroxyl groups is 1. The molecule has 2 atom stereocenters. The van der Waals surface area contributed by atoms with E-state index in [1.807, 2.05) is 0 Å². The lowest BCUT2D eigenvalue weighted by molar-refractivity contribution is -0.145. The summed E-state index contributed by atoms with van der Waals surface area (Å²) in [7, 11) is 0. The van der Waals surface area contributed by atoms with Crippen LogP contribution >= 0.6 is 31.9 Å². The second-order valence-corrected chi connectivity index (χ2v) is 5.36. The Bertz CT molecular complexity index is 236. The van der Waals surface area contributed by atoms with Crippen LogP contribution in [-0.2, 0) is 9.53 Å². The van der Waals surface area contributed by atoms with Crippen molar-refractivity contribution in [2.24, 2.45) is 5.41 Å². The summed E-state index contributed by atoms with van der Waals surface area (Å²) in [5.41, 5.74) is -0.292. The number of halogens is 2. The van der Waals surface area contributed by atoms with Gasteiger partial charge in [0.1, 0.15) is 5.01 Å². The highest BCUT2D eigenvalue weighted by atomic mass is 79.9. The maximum atomic E-state index is 11.2. The molecule has 2 unspecified atom stereocenters. The highest BCUT2D eigenvalue weighted by Crippen LogP contribution is 2.34. The lowest BCUT2D eigenvalue weighted by atomic mass is 9.96. The molecule has 0 aromatic heterocycles. The van der Waals surface area contributed by atoms with Gasteiger partial charge in [0.2, 0.25) is 0 Å². The summed E-state index contributed by atoms with van der Waals surface area (Å²) in [6.07, 6.45) is 0. The number of rotatable bonds is 4. The molecule has 0 rings (SSSR count). The first-order valence-corrected chi connectivity index (χ1v) is 5.85. The van der Waals surface area contributed by atoms with Crippen LogP contribution in [0, 0.1) is 5.41 Å². The predicted molar refractivity (Wildman–Crippen MR) is 62.3 cm³/mol. The topological polar surface area (TPSA) is 46.5 Å². The van der Waals surface area contributed by atoms with Gasteiger partial charge < -0.3 is 9.84 Å². The zero-order valence-electron chi connectivity index (χ0n) is 8.38. The van der Waals surface area contributed by atoms with Crippen molar-refractivity contribution in [3.05, 3.63) is 12.2 Å². The zero-order valence-corrected chi connectivity index (χ0v) is 11.6. The molecule has 82 valence electrons. The third kappa shape index (κ3) is 3.71. The summed E-state index contributed by atoms with van der Waals surface area (Å²) < 4.78 is 5.03. The Morgan fingerprint density at radius 2 is 1.93 bits per heavy atom. The van der Waals surface area contributed by atoms with E-state index in [-0.39, 0.29) is 0 Å². The number of hydrogen-bond donors (Lipinski definition) is 1. The molecule has 0 aliphatic rings. The third-order valence-corrected chi connectivity index (χ3v) is 4.30. The third-order valence-electron chi connectivity index (χ3n) is 1.76. The summed E-state index contributed by atoms with van der Waals surface area (Å²) in [5.74, 6) is -0.479. The van der Waals surface area contributed by atoms with Gasteiger partial charge in [-0.1, -0.05) is 36.4 Å². The van der Waals surface area contributed by atoms with Crippen LogP contribution in [0.5, 0.6) is 0 Å². The van der Waals surface area contributed by atoms with Crippen molar-refractivity contribution < 1.29 is 14.6 Å². The van der Waals surface area contributed by atoms with Gasteiger partial charge in [0, 0.05) is 11.0 Å². The van der Waals surface area contributed by atoms with Gasteiger partial charge in [-0.15, -0.1) is 0 Å². The summed E-state index contributed by atoms with van der Waals surface area (Å²) >= 11 is 6.23. The standard InChI is InChI=1S/C9H14Br2O3/c1-5(2)6(12)14-8(11)9(3,4)7(10)13/h7-8,13H,1H2,2-4H3. The fourth-order valence-corrected chi connectivity index (χ4v) is 1.47. The van der Waals surface area contributed by atoms with E-state index >= 15 is 0 Å². The minimum Gasteiger partial charge on any atom is -0.447 e. The van der Waals surface area contributed by atoms with Crippen LogP contribution in [0.3, 0.4) is 0 Å². The van der Waals surface area contributed by atoms with Gasteiger partial charge in [0.15, 0.2) is 5.01 Å². The van der Waals surface area contributed by atoms with Crippen molar-refractivity contribution in [3.63, 3.8) is 0 Å². The quantitative estimate of drug-likeness (QED) is 0.490. The van der Waals surface area contributed by atoms with E-state index < -0.39 is 21.4 Å². The van der Waals surface area contributed by atoms with Crippen LogP contribution in [-0.4, -0.2) is 21.1 Å². The molecule has 3 nitrogen and oxygen atoms in total. The molecule has 0 spiro atoms. The first kappa shape index (κ1) is 14.1. The monoisotopic (exact) mass is 328 g/mol. The summed E-state index contributed by atoms with van der Waals surface area (Å²) in [6, 6.07) is 0. The van der Waals surface area contributed by atoms with Crippen LogP contribution in [0.15, 0.2) is 12.2 Å². The molecule has 0 saturated heterocycles. The van der Waals surface area contributed by atoms with E-state index in [0.29, 0.717) is 5.57 Å². The maximum absolute atomic E-state index is 11.2. The SMILES string of the molecule is C=C(C)C(=O)OC(Br)C(C)(C)C(O)Br. The normalized spacial score (nSPS) is 15.9. The Kier molecular flexibility index (Phi) is 5.33. The second kappa shape index (κ2) is 5.28. The minimum absolute atomic E-state index is 0.328. The van der Waals surface area contributed by atoms with Gasteiger partial charge in [-0.3, -0.25) is 0 Å². The lowest BCUT2D eigenvalue weighted by Crippen LogP contribution is -2.36. The van der Waals surface area contributed by atoms with Crippen LogP contribution in [0.25, 0.3) is 0 Å². The number of aliphatic hydroxyl groups excluding tert-OH is 1. The van der Waals surface area contributed by atoms with Crippen LogP contribution in [0.2, 0.25) is 0 Å². The number of carbonyl (C=O) groups is 1. The highest BCUT2D eigenvalue weighted by Gasteiger charge is 2.36. The van der Waals surface area contributed by atoms with E-state index in [1.54, 1.807) is 20.8 Å². The molecule has 0 bridgehead atoms. The van der Waals surface area contributed by atoms with Gasteiger partial charge in [0.25, 0.3) is 0 Å². The number of esters is 1. The van der Waals surface area contributed by atoms with E-state index in [9.17, 15) is 9.90 Å². The molecule has 0 saturated carbocycles. The molecule has 0 aliphatic carbocycles. The van der Waals surface area contributed by atoms with Gasteiger partial charge >= 0.3 is 5.97 Å². The van der Waals surface area contributed by atoms with E-state index in [0.717, 1.165) is 0 Å². The average Bonchev–Trinajstić information content (AvgIpc) is 2.03. The first-order valence-electron chi connectivity index (χ1n) is 4.02. The van der Waals surface area contributed by atoms with Crippen molar-refractivity contribution in [1.29, 1.82) is 0 Å². The van der Waals surface area contributed by atoms with E-state index in [2.05, 4.69) is 38.4 Å². The molecule has 0 heterocycles. The number of alkyl halides is 2.